The van der Waals surface area contributed by atoms with Gasteiger partial charge < -0.3 is 20.7 Å². The van der Waals surface area contributed by atoms with Gasteiger partial charge in [-0.1, -0.05) is 24.3 Å². The van der Waals surface area contributed by atoms with Crippen LogP contribution in [0.1, 0.15) is 40.7 Å². The second-order valence-electron chi connectivity index (χ2n) is 8.11. The molecule has 0 spiro atoms. The number of carbonyl (C=O) groups is 2. The zero-order chi connectivity index (χ0) is 21.1. The van der Waals surface area contributed by atoms with Gasteiger partial charge in [0.1, 0.15) is 5.82 Å². The van der Waals surface area contributed by atoms with Crippen molar-refractivity contribution in [3.05, 3.63) is 59.3 Å². The fraction of sp³-hybridized carbons (Fsp3) is 0.435. The molecule has 158 valence electrons. The van der Waals surface area contributed by atoms with Crippen LogP contribution in [0.3, 0.4) is 0 Å². The number of primary amides is 1. The third-order valence-corrected chi connectivity index (χ3v) is 6.26. The lowest BCUT2D eigenvalue weighted by Gasteiger charge is -2.38. The lowest BCUT2D eigenvalue weighted by Crippen LogP contribution is -2.47. The maximum atomic E-state index is 13.3. The van der Waals surface area contributed by atoms with Crippen molar-refractivity contribution in [2.24, 2.45) is 11.7 Å². The minimum atomic E-state index is -0.504. The molecule has 0 bridgehead atoms. The number of anilines is 1. The number of hydrogen-bond donors (Lipinski definition) is 2. The normalized spacial score (nSPS) is 23.5. The van der Waals surface area contributed by atoms with Crippen molar-refractivity contribution in [3.8, 4) is 0 Å². The molecule has 0 radical (unpaired) electrons. The molecule has 1 aromatic carbocycles. The van der Waals surface area contributed by atoms with Crippen LogP contribution in [0.4, 0.5) is 5.82 Å². The van der Waals surface area contributed by atoms with Crippen LogP contribution in [-0.4, -0.2) is 47.5 Å². The standard InChI is InChI=1S/C23H28N4O3/c1-30-20-8-6-16(12-19(20)26-21-9-7-17(13-25-21)22(24)28)23(29)27-11-10-15-4-2-3-5-18(15)14-27/h2-5,7,9,13,16,19-20H,6,8,10-12,14H2,1H3,(H2,24,28)(H,25,26)/t16-,19+,20+/m0/s1. The van der Waals surface area contributed by atoms with Crippen molar-refractivity contribution in [2.75, 3.05) is 19.0 Å². The molecule has 3 atom stereocenters. The van der Waals surface area contributed by atoms with E-state index < -0.39 is 5.91 Å². The van der Waals surface area contributed by atoms with E-state index in [1.165, 1.54) is 17.3 Å². The van der Waals surface area contributed by atoms with E-state index in [0.717, 1.165) is 25.8 Å². The molecule has 1 saturated carbocycles. The second-order valence-corrected chi connectivity index (χ2v) is 8.11. The van der Waals surface area contributed by atoms with Gasteiger partial charge in [0.2, 0.25) is 11.8 Å². The summed E-state index contributed by atoms with van der Waals surface area (Å²) >= 11 is 0. The number of nitrogens with one attached hydrogen (secondary N) is 1. The largest absolute Gasteiger partial charge is 0.379 e. The molecule has 2 aromatic rings. The predicted molar refractivity (Wildman–Crippen MR) is 114 cm³/mol. The monoisotopic (exact) mass is 408 g/mol. The van der Waals surface area contributed by atoms with Gasteiger partial charge in [0.25, 0.3) is 0 Å². The highest BCUT2D eigenvalue weighted by molar-refractivity contribution is 5.92. The first-order chi connectivity index (χ1) is 14.5. The first-order valence-corrected chi connectivity index (χ1v) is 10.5. The molecule has 1 aliphatic heterocycles. The minimum absolute atomic E-state index is 0.00810. The Morgan fingerprint density at radius 3 is 2.67 bits per heavy atom. The molecule has 7 heteroatoms. The zero-order valence-electron chi connectivity index (χ0n) is 17.2. The number of nitrogens with zero attached hydrogens (tertiary/aromatic N) is 2. The van der Waals surface area contributed by atoms with Crippen molar-refractivity contribution in [1.29, 1.82) is 0 Å². The maximum Gasteiger partial charge on any atom is 0.250 e. The molecule has 2 amide bonds. The van der Waals surface area contributed by atoms with Crippen LogP contribution >= 0.6 is 0 Å². The summed E-state index contributed by atoms with van der Waals surface area (Å²) in [6.45, 7) is 1.46. The van der Waals surface area contributed by atoms with E-state index in [9.17, 15) is 9.59 Å². The number of rotatable bonds is 5. The molecule has 2 heterocycles. The molecule has 7 nitrogen and oxygen atoms in total. The zero-order valence-corrected chi connectivity index (χ0v) is 17.2. The highest BCUT2D eigenvalue weighted by atomic mass is 16.5. The van der Waals surface area contributed by atoms with E-state index in [2.05, 4.69) is 28.5 Å². The third-order valence-electron chi connectivity index (χ3n) is 6.26. The van der Waals surface area contributed by atoms with Gasteiger partial charge in [0, 0.05) is 32.3 Å². The lowest BCUT2D eigenvalue weighted by molar-refractivity contribution is -0.138. The fourth-order valence-corrected chi connectivity index (χ4v) is 4.56. The van der Waals surface area contributed by atoms with Crippen molar-refractivity contribution in [2.45, 2.75) is 44.4 Å². The van der Waals surface area contributed by atoms with Crippen LogP contribution in [0.15, 0.2) is 42.6 Å². The van der Waals surface area contributed by atoms with Gasteiger partial charge in [-0.3, -0.25) is 9.59 Å². The van der Waals surface area contributed by atoms with Gasteiger partial charge in [-0.2, -0.15) is 0 Å². The van der Waals surface area contributed by atoms with Crippen molar-refractivity contribution in [3.63, 3.8) is 0 Å². The third kappa shape index (κ3) is 4.31. The van der Waals surface area contributed by atoms with Gasteiger partial charge in [0.05, 0.1) is 17.7 Å². The van der Waals surface area contributed by atoms with Crippen LogP contribution in [0.2, 0.25) is 0 Å². The van der Waals surface area contributed by atoms with E-state index in [-0.39, 0.29) is 24.0 Å². The van der Waals surface area contributed by atoms with Crippen LogP contribution in [0.5, 0.6) is 0 Å². The SMILES string of the molecule is CO[C@@H]1CC[C@H](C(=O)N2CCc3ccccc3C2)C[C@H]1Nc1ccc(C(N)=O)cn1. The number of aromatic nitrogens is 1. The van der Waals surface area contributed by atoms with Crippen LogP contribution in [-0.2, 0) is 22.5 Å². The summed E-state index contributed by atoms with van der Waals surface area (Å²) in [4.78, 5) is 30.8. The summed E-state index contributed by atoms with van der Waals surface area (Å²) in [6.07, 6.45) is 4.70. The number of ether oxygens (including phenoxy) is 1. The summed E-state index contributed by atoms with van der Waals surface area (Å²) in [5.41, 5.74) is 8.24. The Balaban J connectivity index is 1.43. The summed E-state index contributed by atoms with van der Waals surface area (Å²) in [6, 6.07) is 11.7. The molecular weight excluding hydrogens is 380 g/mol. The molecule has 2 aliphatic rings. The Labute approximate surface area is 176 Å². The van der Waals surface area contributed by atoms with Gasteiger partial charge in [0.15, 0.2) is 0 Å². The number of benzene rings is 1. The quantitative estimate of drug-likeness (QED) is 0.792. The molecule has 1 fully saturated rings. The Morgan fingerprint density at radius 1 is 1.17 bits per heavy atom. The molecule has 1 aromatic heterocycles. The number of hydrogen-bond acceptors (Lipinski definition) is 5. The van der Waals surface area contributed by atoms with Crippen LogP contribution < -0.4 is 11.1 Å². The lowest BCUT2D eigenvalue weighted by atomic mass is 9.82. The Morgan fingerprint density at radius 2 is 1.97 bits per heavy atom. The average Bonchev–Trinajstić information content (AvgIpc) is 2.78. The van der Waals surface area contributed by atoms with Gasteiger partial charge in [-0.25, -0.2) is 4.98 Å². The highest BCUT2D eigenvalue weighted by Gasteiger charge is 2.36. The number of amides is 2. The molecule has 0 saturated heterocycles. The smallest absolute Gasteiger partial charge is 0.250 e. The minimum Gasteiger partial charge on any atom is -0.379 e. The summed E-state index contributed by atoms with van der Waals surface area (Å²) in [5, 5.41) is 3.39. The molecule has 0 unspecified atom stereocenters. The Bertz CT molecular complexity index is 915. The van der Waals surface area contributed by atoms with E-state index in [4.69, 9.17) is 10.5 Å². The summed E-state index contributed by atoms with van der Waals surface area (Å²) in [5.74, 6) is 0.328. The first-order valence-electron chi connectivity index (χ1n) is 10.5. The molecule has 30 heavy (non-hydrogen) atoms. The highest BCUT2D eigenvalue weighted by Crippen LogP contribution is 2.31. The van der Waals surface area contributed by atoms with E-state index >= 15 is 0 Å². The molecule has 1 aliphatic carbocycles. The molecule has 4 rings (SSSR count). The van der Waals surface area contributed by atoms with Crippen molar-refractivity contribution < 1.29 is 14.3 Å². The topological polar surface area (TPSA) is 97.5 Å². The van der Waals surface area contributed by atoms with Crippen molar-refractivity contribution >= 4 is 17.6 Å². The second kappa shape index (κ2) is 8.83. The van der Waals surface area contributed by atoms with Crippen LogP contribution in [0, 0.1) is 5.92 Å². The van der Waals surface area contributed by atoms with E-state index in [0.29, 0.717) is 24.3 Å². The number of fused-ring (bicyclic) bond motifs is 1. The average molecular weight is 409 g/mol. The van der Waals surface area contributed by atoms with Gasteiger partial charge >= 0.3 is 0 Å². The number of carbonyl (C=O) groups excluding carboxylic acids is 2. The Kier molecular flexibility index (Phi) is 5.99. The number of methoxy groups -OCH3 is 1. The van der Waals surface area contributed by atoms with E-state index in [1.54, 1.807) is 19.2 Å². The summed E-state index contributed by atoms with van der Waals surface area (Å²) < 4.78 is 5.67. The van der Waals surface area contributed by atoms with Gasteiger partial charge in [-0.05, 0) is 48.9 Å². The molecule has 3 N–H and O–H groups in total. The number of nitrogens with two attached hydrogens (primary N) is 1. The fourth-order valence-electron chi connectivity index (χ4n) is 4.56. The Hall–Kier alpha value is -2.93. The van der Waals surface area contributed by atoms with Crippen molar-refractivity contribution in [1.82, 2.24) is 9.88 Å². The van der Waals surface area contributed by atoms with E-state index in [1.807, 2.05) is 11.0 Å². The maximum absolute atomic E-state index is 13.3. The summed E-state index contributed by atoms with van der Waals surface area (Å²) in [7, 11) is 1.70. The number of pyridine rings is 1. The predicted octanol–water partition coefficient (Wildman–Crippen LogP) is 2.36. The van der Waals surface area contributed by atoms with Gasteiger partial charge in [-0.15, -0.1) is 0 Å². The van der Waals surface area contributed by atoms with Crippen LogP contribution in [0.25, 0.3) is 0 Å². The molecular formula is C23H28N4O3. The first kappa shape index (κ1) is 20.3.